The fourth-order valence-electron chi connectivity index (χ4n) is 1.95. The predicted molar refractivity (Wildman–Crippen MR) is 74.0 cm³/mol. The number of likely N-dealkylation sites (N-methyl/N-ethyl adjacent to an activating group) is 2. The number of rotatable bonds is 7. The van der Waals surface area contributed by atoms with Crippen LogP contribution >= 0.6 is 0 Å². The van der Waals surface area contributed by atoms with E-state index in [-0.39, 0.29) is 0 Å². The molecule has 0 aromatic heterocycles. The summed E-state index contributed by atoms with van der Waals surface area (Å²) in [6.45, 7) is 3.24. The molecule has 0 heterocycles. The Bertz CT molecular complexity index is 311. The summed E-state index contributed by atoms with van der Waals surface area (Å²) < 4.78 is 5.16. The maximum Gasteiger partial charge on any atom is 0.119 e. The first-order valence-corrected chi connectivity index (χ1v) is 6.23. The number of methoxy groups -OCH3 is 1. The Kier molecular flexibility index (Phi) is 5.84. The number of anilines is 1. The molecular formula is C14H24N2O. The van der Waals surface area contributed by atoms with Gasteiger partial charge in [0.15, 0.2) is 0 Å². The molecule has 1 rings (SSSR count). The van der Waals surface area contributed by atoms with Gasteiger partial charge in [-0.3, -0.25) is 0 Å². The summed E-state index contributed by atoms with van der Waals surface area (Å²) in [4.78, 5) is 2.27. The van der Waals surface area contributed by atoms with Crippen molar-refractivity contribution >= 4 is 5.69 Å². The third-order valence-corrected chi connectivity index (χ3v) is 3.05. The van der Waals surface area contributed by atoms with Crippen LogP contribution < -0.4 is 15.0 Å². The standard InChI is InChI=1S/C14H24N2O/c1-5-6-12(15-2)11-16(3)13-7-9-14(17-4)10-8-13/h7-10,12,15H,5-6,11H2,1-4H3. The molecule has 17 heavy (non-hydrogen) atoms. The average Bonchev–Trinajstić information content (AvgIpc) is 2.38. The molecule has 1 N–H and O–H groups in total. The third kappa shape index (κ3) is 4.27. The van der Waals surface area contributed by atoms with Crippen LogP contribution in [0.4, 0.5) is 5.69 Å². The molecule has 3 nitrogen and oxygen atoms in total. The van der Waals surface area contributed by atoms with E-state index in [0.717, 1.165) is 12.3 Å². The van der Waals surface area contributed by atoms with Gasteiger partial charge in [0.2, 0.25) is 0 Å². The SMILES string of the molecule is CCCC(CN(C)c1ccc(OC)cc1)NC. The molecule has 0 bridgehead atoms. The summed E-state index contributed by atoms with van der Waals surface area (Å²) in [5.74, 6) is 0.904. The average molecular weight is 236 g/mol. The zero-order chi connectivity index (χ0) is 12.7. The summed E-state index contributed by atoms with van der Waals surface area (Å²) >= 11 is 0. The van der Waals surface area contributed by atoms with E-state index < -0.39 is 0 Å². The zero-order valence-corrected chi connectivity index (χ0v) is 11.4. The van der Waals surface area contributed by atoms with E-state index >= 15 is 0 Å². The van der Waals surface area contributed by atoms with Crippen LogP contribution in [0.15, 0.2) is 24.3 Å². The van der Waals surface area contributed by atoms with Crippen LogP contribution in [0, 0.1) is 0 Å². The highest BCUT2D eigenvalue weighted by Crippen LogP contribution is 2.18. The third-order valence-electron chi connectivity index (χ3n) is 3.05. The molecule has 0 aliphatic heterocycles. The lowest BCUT2D eigenvalue weighted by Gasteiger charge is -2.25. The van der Waals surface area contributed by atoms with Crippen LogP contribution in [0.3, 0.4) is 0 Å². The first kappa shape index (κ1) is 13.8. The van der Waals surface area contributed by atoms with Gasteiger partial charge in [0, 0.05) is 25.3 Å². The number of nitrogens with one attached hydrogen (secondary N) is 1. The number of hydrogen-bond acceptors (Lipinski definition) is 3. The highest BCUT2D eigenvalue weighted by atomic mass is 16.5. The zero-order valence-electron chi connectivity index (χ0n) is 11.4. The second kappa shape index (κ2) is 7.17. The molecule has 0 fully saturated rings. The van der Waals surface area contributed by atoms with Crippen molar-refractivity contribution in [3.8, 4) is 5.75 Å². The first-order chi connectivity index (χ1) is 8.21. The Morgan fingerprint density at radius 3 is 2.41 bits per heavy atom. The minimum atomic E-state index is 0.548. The Morgan fingerprint density at radius 1 is 1.29 bits per heavy atom. The summed E-state index contributed by atoms with van der Waals surface area (Å²) in [6, 6.07) is 8.74. The largest absolute Gasteiger partial charge is 0.497 e. The molecule has 3 heteroatoms. The monoisotopic (exact) mass is 236 g/mol. The minimum absolute atomic E-state index is 0.548. The Morgan fingerprint density at radius 2 is 1.94 bits per heavy atom. The summed E-state index contributed by atoms with van der Waals surface area (Å²) in [7, 11) is 5.85. The van der Waals surface area contributed by atoms with Crippen molar-refractivity contribution in [2.24, 2.45) is 0 Å². The maximum absolute atomic E-state index is 5.16. The fourth-order valence-corrected chi connectivity index (χ4v) is 1.95. The minimum Gasteiger partial charge on any atom is -0.497 e. The second-order valence-corrected chi connectivity index (χ2v) is 4.35. The van der Waals surface area contributed by atoms with Gasteiger partial charge in [-0.05, 0) is 37.7 Å². The molecule has 1 atom stereocenters. The van der Waals surface area contributed by atoms with Gasteiger partial charge in [-0.15, -0.1) is 0 Å². The molecule has 0 saturated carbocycles. The van der Waals surface area contributed by atoms with Gasteiger partial charge in [-0.25, -0.2) is 0 Å². The molecule has 96 valence electrons. The van der Waals surface area contributed by atoms with E-state index in [1.54, 1.807) is 7.11 Å². The van der Waals surface area contributed by atoms with Crippen molar-refractivity contribution in [2.75, 3.05) is 32.6 Å². The van der Waals surface area contributed by atoms with Crippen molar-refractivity contribution in [1.29, 1.82) is 0 Å². The molecule has 0 amide bonds. The van der Waals surface area contributed by atoms with Crippen molar-refractivity contribution in [2.45, 2.75) is 25.8 Å². The topological polar surface area (TPSA) is 24.5 Å². The summed E-state index contributed by atoms with van der Waals surface area (Å²) in [6.07, 6.45) is 2.42. The van der Waals surface area contributed by atoms with Crippen LogP contribution in [-0.4, -0.2) is 33.8 Å². The van der Waals surface area contributed by atoms with Crippen LogP contribution in [0.2, 0.25) is 0 Å². The maximum atomic E-state index is 5.16. The van der Waals surface area contributed by atoms with Gasteiger partial charge in [0.25, 0.3) is 0 Å². The van der Waals surface area contributed by atoms with Gasteiger partial charge in [-0.2, -0.15) is 0 Å². The molecule has 1 aromatic rings. The molecular weight excluding hydrogens is 212 g/mol. The van der Waals surface area contributed by atoms with E-state index in [9.17, 15) is 0 Å². The predicted octanol–water partition coefficient (Wildman–Crippen LogP) is 2.52. The van der Waals surface area contributed by atoms with E-state index in [1.165, 1.54) is 18.5 Å². The Labute approximate surface area is 105 Å². The quantitative estimate of drug-likeness (QED) is 0.787. The van der Waals surface area contributed by atoms with Crippen LogP contribution in [0.1, 0.15) is 19.8 Å². The van der Waals surface area contributed by atoms with Crippen LogP contribution in [0.5, 0.6) is 5.75 Å². The number of ether oxygens (including phenoxy) is 1. The lowest BCUT2D eigenvalue weighted by atomic mass is 10.1. The molecule has 1 unspecified atom stereocenters. The number of nitrogens with zero attached hydrogens (tertiary/aromatic N) is 1. The number of benzene rings is 1. The first-order valence-electron chi connectivity index (χ1n) is 6.23. The van der Waals surface area contributed by atoms with E-state index in [0.29, 0.717) is 6.04 Å². The van der Waals surface area contributed by atoms with Gasteiger partial charge >= 0.3 is 0 Å². The highest BCUT2D eigenvalue weighted by molar-refractivity contribution is 5.48. The Hall–Kier alpha value is -1.22. The smallest absolute Gasteiger partial charge is 0.119 e. The van der Waals surface area contributed by atoms with Crippen LogP contribution in [0.25, 0.3) is 0 Å². The molecule has 1 aromatic carbocycles. The van der Waals surface area contributed by atoms with E-state index in [2.05, 4.69) is 36.3 Å². The Balaban J connectivity index is 2.58. The number of hydrogen-bond donors (Lipinski definition) is 1. The van der Waals surface area contributed by atoms with E-state index in [1.807, 2.05) is 19.2 Å². The van der Waals surface area contributed by atoms with Crippen molar-refractivity contribution in [3.05, 3.63) is 24.3 Å². The second-order valence-electron chi connectivity index (χ2n) is 4.35. The normalized spacial score (nSPS) is 12.2. The van der Waals surface area contributed by atoms with Gasteiger partial charge in [0.05, 0.1) is 7.11 Å². The van der Waals surface area contributed by atoms with Crippen molar-refractivity contribution in [3.63, 3.8) is 0 Å². The summed E-state index contributed by atoms with van der Waals surface area (Å²) in [5, 5.41) is 3.36. The highest BCUT2D eigenvalue weighted by Gasteiger charge is 2.09. The van der Waals surface area contributed by atoms with Crippen molar-refractivity contribution in [1.82, 2.24) is 5.32 Å². The van der Waals surface area contributed by atoms with Gasteiger partial charge in [-0.1, -0.05) is 13.3 Å². The lowest BCUT2D eigenvalue weighted by molar-refractivity contribution is 0.415. The molecule has 0 aliphatic carbocycles. The lowest BCUT2D eigenvalue weighted by Crippen LogP contribution is -2.37. The molecule has 0 radical (unpaired) electrons. The summed E-state index contributed by atoms with van der Waals surface area (Å²) in [5.41, 5.74) is 1.22. The van der Waals surface area contributed by atoms with Crippen molar-refractivity contribution < 1.29 is 4.74 Å². The van der Waals surface area contributed by atoms with Gasteiger partial charge < -0.3 is 15.0 Å². The fraction of sp³-hybridized carbons (Fsp3) is 0.571. The van der Waals surface area contributed by atoms with Crippen LogP contribution in [-0.2, 0) is 0 Å². The van der Waals surface area contributed by atoms with Gasteiger partial charge in [0.1, 0.15) is 5.75 Å². The molecule has 0 spiro atoms. The van der Waals surface area contributed by atoms with E-state index in [4.69, 9.17) is 4.74 Å². The molecule has 0 aliphatic rings. The molecule has 0 saturated heterocycles.